The minimum absolute atomic E-state index is 0.244. The predicted molar refractivity (Wildman–Crippen MR) is 60.0 cm³/mol. The van der Waals surface area contributed by atoms with Crippen LogP contribution in [0.15, 0.2) is 0 Å². The summed E-state index contributed by atoms with van der Waals surface area (Å²) < 4.78 is 11.5. The van der Waals surface area contributed by atoms with Crippen LogP contribution >= 0.6 is 11.8 Å². The van der Waals surface area contributed by atoms with Crippen LogP contribution in [0.5, 0.6) is 0 Å². The summed E-state index contributed by atoms with van der Waals surface area (Å²) in [6, 6.07) is 0. The molecule has 1 N–H and O–H groups in total. The molecule has 82 valence electrons. The molecular formula is C9H16O3S2. The van der Waals surface area contributed by atoms with E-state index >= 15 is 0 Å². The van der Waals surface area contributed by atoms with E-state index in [1.807, 2.05) is 0 Å². The molecule has 1 aliphatic rings. The van der Waals surface area contributed by atoms with Crippen molar-refractivity contribution in [1.82, 2.24) is 0 Å². The molecule has 3 nitrogen and oxygen atoms in total. The zero-order valence-electron chi connectivity index (χ0n) is 8.11. The van der Waals surface area contributed by atoms with Gasteiger partial charge in [-0.25, -0.2) is 0 Å². The highest BCUT2D eigenvalue weighted by molar-refractivity contribution is 8.11. The van der Waals surface area contributed by atoms with Crippen LogP contribution in [-0.2, 0) is 15.6 Å². The first-order valence-corrected chi connectivity index (χ1v) is 7.40. The van der Waals surface area contributed by atoms with E-state index in [0.717, 1.165) is 36.5 Å². The summed E-state index contributed by atoms with van der Waals surface area (Å²) in [6.07, 6.45) is 3.82. The Kier molecular flexibility index (Phi) is 5.55. The molecule has 1 rings (SSSR count). The molecule has 5 heteroatoms. The first-order chi connectivity index (χ1) is 6.70. The number of aliphatic carboxylic acids is 1. The van der Waals surface area contributed by atoms with Crippen LogP contribution in [0.1, 0.15) is 32.1 Å². The number of carboxylic acids is 1. The van der Waals surface area contributed by atoms with Crippen LogP contribution in [-0.4, -0.2) is 31.4 Å². The van der Waals surface area contributed by atoms with Crippen molar-refractivity contribution in [3.05, 3.63) is 0 Å². The molecule has 0 aromatic carbocycles. The van der Waals surface area contributed by atoms with Gasteiger partial charge in [-0.1, -0.05) is 6.42 Å². The Balaban J connectivity index is 2.10. The Morgan fingerprint density at radius 1 is 1.50 bits per heavy atom. The molecule has 0 bridgehead atoms. The Labute approximate surface area is 91.1 Å². The first-order valence-electron chi connectivity index (χ1n) is 4.87. The Morgan fingerprint density at radius 2 is 2.29 bits per heavy atom. The molecule has 1 aliphatic heterocycles. The smallest absolute Gasteiger partial charge is 0.303 e. The minimum Gasteiger partial charge on any atom is -0.481 e. The van der Waals surface area contributed by atoms with Crippen molar-refractivity contribution in [2.45, 2.75) is 37.4 Å². The van der Waals surface area contributed by atoms with Crippen LogP contribution in [0, 0.1) is 0 Å². The van der Waals surface area contributed by atoms with E-state index in [1.165, 1.54) is 0 Å². The van der Waals surface area contributed by atoms with Gasteiger partial charge in [-0.05, 0) is 25.0 Å². The lowest BCUT2D eigenvalue weighted by Gasteiger charge is -2.20. The van der Waals surface area contributed by atoms with Gasteiger partial charge in [0.2, 0.25) is 0 Å². The fraction of sp³-hybridized carbons (Fsp3) is 0.889. The van der Waals surface area contributed by atoms with Crippen molar-refractivity contribution < 1.29 is 14.1 Å². The number of unbranched alkanes of at least 4 members (excludes halogenated alkanes) is 1. The summed E-state index contributed by atoms with van der Waals surface area (Å²) in [7, 11) is -0.677. The molecule has 1 heterocycles. The molecule has 0 spiro atoms. The van der Waals surface area contributed by atoms with Gasteiger partial charge in [0.1, 0.15) is 0 Å². The van der Waals surface area contributed by atoms with E-state index in [-0.39, 0.29) is 6.42 Å². The Morgan fingerprint density at radius 3 is 2.93 bits per heavy atom. The fourth-order valence-corrected chi connectivity index (χ4v) is 4.82. The maximum absolute atomic E-state index is 11.5. The first kappa shape index (κ1) is 12.0. The van der Waals surface area contributed by atoms with Crippen molar-refractivity contribution >= 4 is 28.5 Å². The summed E-state index contributed by atoms with van der Waals surface area (Å²) in [5.41, 5.74) is 0. The maximum atomic E-state index is 11.5. The number of rotatable bonds is 5. The van der Waals surface area contributed by atoms with Gasteiger partial charge in [0, 0.05) is 22.5 Å². The summed E-state index contributed by atoms with van der Waals surface area (Å²) in [5.74, 6) is 0.375. The average Bonchev–Trinajstić information content (AvgIpc) is 2.15. The van der Waals surface area contributed by atoms with Crippen LogP contribution in [0.25, 0.3) is 0 Å². The summed E-state index contributed by atoms with van der Waals surface area (Å²) >= 11 is 1.76. The van der Waals surface area contributed by atoms with Crippen molar-refractivity contribution in [2.24, 2.45) is 0 Å². The summed E-state index contributed by atoms with van der Waals surface area (Å²) in [4.78, 5) is 10.3. The van der Waals surface area contributed by atoms with E-state index < -0.39 is 16.8 Å². The Bertz CT molecular complexity index is 218. The van der Waals surface area contributed by atoms with Crippen LogP contribution in [0.3, 0.4) is 0 Å². The second-order valence-electron chi connectivity index (χ2n) is 3.46. The van der Waals surface area contributed by atoms with Gasteiger partial charge < -0.3 is 5.11 Å². The normalized spacial score (nSPS) is 27.4. The van der Waals surface area contributed by atoms with Crippen molar-refractivity contribution in [3.8, 4) is 0 Å². The highest BCUT2D eigenvalue weighted by Gasteiger charge is 2.20. The largest absolute Gasteiger partial charge is 0.481 e. The topological polar surface area (TPSA) is 54.4 Å². The molecule has 0 aromatic rings. The number of hydrogen-bond donors (Lipinski definition) is 1. The molecule has 0 amide bonds. The van der Waals surface area contributed by atoms with Gasteiger partial charge in [0.15, 0.2) is 0 Å². The predicted octanol–water partition coefficient (Wildman–Crippen LogP) is 1.84. The van der Waals surface area contributed by atoms with Crippen molar-refractivity contribution in [1.29, 1.82) is 0 Å². The van der Waals surface area contributed by atoms with Gasteiger partial charge in [0.05, 0.1) is 5.08 Å². The van der Waals surface area contributed by atoms with Gasteiger partial charge in [-0.3, -0.25) is 9.00 Å². The number of carbonyl (C=O) groups is 1. The molecule has 1 saturated heterocycles. The lowest BCUT2D eigenvalue weighted by atomic mass is 10.1. The van der Waals surface area contributed by atoms with Crippen molar-refractivity contribution in [2.75, 3.05) is 10.8 Å². The fourth-order valence-electron chi connectivity index (χ4n) is 1.51. The van der Waals surface area contributed by atoms with Crippen LogP contribution in [0.4, 0.5) is 0 Å². The molecule has 0 aromatic heterocycles. The zero-order valence-corrected chi connectivity index (χ0v) is 9.74. The van der Waals surface area contributed by atoms with Crippen molar-refractivity contribution in [3.63, 3.8) is 0 Å². The SMILES string of the molecule is O=C(O)CCCCC1CCSCS1=O. The number of thioether (sulfide) groups is 1. The van der Waals surface area contributed by atoms with E-state index in [2.05, 4.69) is 0 Å². The quantitative estimate of drug-likeness (QED) is 0.740. The van der Waals surface area contributed by atoms with E-state index in [4.69, 9.17) is 5.11 Å². The van der Waals surface area contributed by atoms with E-state index in [0.29, 0.717) is 5.25 Å². The second kappa shape index (κ2) is 6.45. The zero-order chi connectivity index (χ0) is 10.4. The molecule has 0 radical (unpaired) electrons. The summed E-state index contributed by atoms with van der Waals surface area (Å²) in [6.45, 7) is 0. The molecule has 0 aliphatic carbocycles. The third-order valence-corrected chi connectivity index (χ3v) is 5.66. The maximum Gasteiger partial charge on any atom is 0.303 e. The highest BCUT2D eigenvalue weighted by atomic mass is 32.2. The lowest BCUT2D eigenvalue weighted by Crippen LogP contribution is -2.22. The van der Waals surface area contributed by atoms with E-state index in [1.54, 1.807) is 11.8 Å². The Hall–Kier alpha value is -0.0300. The third kappa shape index (κ3) is 4.46. The van der Waals surface area contributed by atoms with Gasteiger partial charge in [0.25, 0.3) is 0 Å². The standard InChI is InChI=1S/C9H16O3S2/c10-9(11)4-2-1-3-8-5-6-13-7-14(8)12/h8H,1-7H2,(H,10,11). The van der Waals surface area contributed by atoms with Crippen LogP contribution < -0.4 is 0 Å². The number of carboxylic acid groups (broad SMARTS) is 1. The lowest BCUT2D eigenvalue weighted by molar-refractivity contribution is -0.137. The van der Waals surface area contributed by atoms with E-state index in [9.17, 15) is 9.00 Å². The average molecular weight is 236 g/mol. The third-order valence-electron chi connectivity index (χ3n) is 2.32. The molecule has 0 saturated carbocycles. The molecule has 2 atom stereocenters. The molecular weight excluding hydrogens is 220 g/mol. The van der Waals surface area contributed by atoms with Gasteiger partial charge in [-0.2, -0.15) is 0 Å². The molecule has 2 unspecified atom stereocenters. The molecule has 14 heavy (non-hydrogen) atoms. The second-order valence-corrected chi connectivity index (χ2v) is 6.64. The molecule has 1 fully saturated rings. The monoisotopic (exact) mass is 236 g/mol. The van der Waals surface area contributed by atoms with Crippen LogP contribution in [0.2, 0.25) is 0 Å². The summed E-state index contributed by atoms with van der Waals surface area (Å²) in [5, 5.41) is 9.53. The minimum atomic E-state index is -0.731. The van der Waals surface area contributed by atoms with Gasteiger partial charge in [-0.15, -0.1) is 11.8 Å². The van der Waals surface area contributed by atoms with Gasteiger partial charge >= 0.3 is 5.97 Å². The highest BCUT2D eigenvalue weighted by Crippen LogP contribution is 2.23. The number of hydrogen-bond acceptors (Lipinski definition) is 3.